The number of aliphatic hydroxyl groups is 14. The fourth-order valence-corrected chi connectivity index (χ4v) is 13.5. The molecule has 4 saturated carbocycles. The molecule has 67 heavy (non-hydrogen) atoms. The lowest BCUT2D eigenvalue weighted by molar-refractivity contribution is -0.378. The molecule has 23 heteroatoms. The lowest BCUT2D eigenvalue weighted by Crippen LogP contribution is -2.66. The largest absolute Gasteiger partial charge is 0.432 e. The molecule has 4 saturated heterocycles. The molecule has 8 rings (SSSR count). The van der Waals surface area contributed by atoms with E-state index in [1.807, 2.05) is 6.92 Å². The summed E-state index contributed by atoms with van der Waals surface area (Å²) in [6.45, 7) is 5.47. The standard InChI is InChI=1S/C44H70O23/c1-17-11-43-9-5-22-41(2,7-4-8-42(22,3)40(59)66-38-34(30(55)26(51)20(14-47)62-38)64-36-32(57)28(53)24(49)18(12-45)60-36)23(43)6-10-44(17,16-43)67-39-35(31(56)27(52)21(15-48)63-39)65-37-33(58)29(54)25(50)19(13-46)61-37/h18-39,45-58H,1,4-16H2,2-3H3/t18-,19-,20-,21-,22+,23+,24-,25-,26-,27-,28+,29+,30+,31+,32-,33-,34-,35-,36+,37+,38+,39+,41-,42-,43?,44+/m1/s1. The topological polar surface area (TPSA) is 374 Å². The van der Waals surface area contributed by atoms with Gasteiger partial charge in [-0.1, -0.05) is 19.9 Å². The summed E-state index contributed by atoms with van der Waals surface area (Å²) in [5, 5.41) is 147. The van der Waals surface area contributed by atoms with Gasteiger partial charge in [0.2, 0.25) is 6.29 Å². The molecule has 8 aliphatic rings. The van der Waals surface area contributed by atoms with Gasteiger partial charge < -0.3 is 109 Å². The third kappa shape index (κ3) is 8.63. The van der Waals surface area contributed by atoms with Crippen molar-refractivity contribution in [2.75, 3.05) is 26.4 Å². The van der Waals surface area contributed by atoms with Crippen molar-refractivity contribution in [1.29, 1.82) is 0 Å². The summed E-state index contributed by atoms with van der Waals surface area (Å²) in [7, 11) is 0. The van der Waals surface area contributed by atoms with Crippen molar-refractivity contribution >= 4 is 5.97 Å². The van der Waals surface area contributed by atoms with Gasteiger partial charge in [-0.2, -0.15) is 0 Å². The third-order valence-corrected chi connectivity index (χ3v) is 17.1. The van der Waals surface area contributed by atoms with E-state index >= 15 is 0 Å². The Balaban J connectivity index is 1.01. The number of rotatable bonds is 12. The molecular formula is C44H70O23. The summed E-state index contributed by atoms with van der Waals surface area (Å²) >= 11 is 0. The smallest absolute Gasteiger partial charge is 0.314 e. The quantitative estimate of drug-likeness (QED) is 0.0494. The molecule has 23 nitrogen and oxygen atoms in total. The van der Waals surface area contributed by atoms with Crippen LogP contribution in [0.3, 0.4) is 0 Å². The number of fused-ring (bicyclic) bond motifs is 3. The minimum Gasteiger partial charge on any atom is -0.432 e. The molecule has 0 aromatic rings. The maximum atomic E-state index is 14.7. The highest BCUT2D eigenvalue weighted by molar-refractivity contribution is 5.77. The molecule has 8 fully saturated rings. The summed E-state index contributed by atoms with van der Waals surface area (Å²) in [6, 6.07) is 0. The highest BCUT2D eigenvalue weighted by atomic mass is 16.8. The zero-order chi connectivity index (χ0) is 48.7. The van der Waals surface area contributed by atoms with E-state index in [0.29, 0.717) is 51.4 Å². The Morgan fingerprint density at radius 3 is 1.52 bits per heavy atom. The molecule has 1 unspecified atom stereocenters. The molecular weight excluding hydrogens is 896 g/mol. The molecule has 26 atom stereocenters. The minimum absolute atomic E-state index is 0.0251. The third-order valence-electron chi connectivity index (χ3n) is 17.1. The first-order chi connectivity index (χ1) is 31.6. The van der Waals surface area contributed by atoms with Crippen LogP contribution in [-0.4, -0.2) is 232 Å². The zero-order valence-corrected chi connectivity index (χ0v) is 37.5. The van der Waals surface area contributed by atoms with Gasteiger partial charge in [0.1, 0.15) is 91.6 Å². The summed E-state index contributed by atoms with van der Waals surface area (Å²) in [5.41, 5.74) is -2.29. The number of esters is 1. The fourth-order valence-electron chi connectivity index (χ4n) is 13.5. The van der Waals surface area contributed by atoms with Crippen molar-refractivity contribution in [1.82, 2.24) is 0 Å². The van der Waals surface area contributed by atoms with E-state index in [9.17, 15) is 76.3 Å². The van der Waals surface area contributed by atoms with Crippen LogP contribution in [0.25, 0.3) is 0 Å². The summed E-state index contributed by atoms with van der Waals surface area (Å²) in [5.74, 6) is -0.927. The highest BCUT2D eigenvalue weighted by Crippen LogP contribution is 2.73. The van der Waals surface area contributed by atoms with Crippen molar-refractivity contribution in [3.8, 4) is 0 Å². The van der Waals surface area contributed by atoms with Crippen molar-refractivity contribution in [3.05, 3.63) is 12.2 Å². The molecule has 0 aromatic heterocycles. The minimum atomic E-state index is -1.90. The number of hydrogen-bond donors (Lipinski definition) is 14. The van der Waals surface area contributed by atoms with Gasteiger partial charge >= 0.3 is 5.97 Å². The second-order valence-electron chi connectivity index (χ2n) is 20.8. The summed E-state index contributed by atoms with van der Waals surface area (Å²) in [4.78, 5) is 14.7. The van der Waals surface area contributed by atoms with Crippen LogP contribution in [0, 0.1) is 28.1 Å². The Kier molecular flexibility index (Phi) is 15.0. The predicted molar refractivity (Wildman–Crippen MR) is 219 cm³/mol. The first-order valence-electron chi connectivity index (χ1n) is 23.4. The van der Waals surface area contributed by atoms with Crippen LogP contribution < -0.4 is 0 Å². The highest BCUT2D eigenvalue weighted by Gasteiger charge is 2.69. The van der Waals surface area contributed by atoms with E-state index in [-0.39, 0.29) is 17.3 Å². The van der Waals surface area contributed by atoms with Crippen LogP contribution in [0.2, 0.25) is 0 Å². The summed E-state index contributed by atoms with van der Waals surface area (Å²) < 4.78 is 47.6. The van der Waals surface area contributed by atoms with Gasteiger partial charge in [-0.3, -0.25) is 4.79 Å². The van der Waals surface area contributed by atoms with E-state index < -0.39 is 172 Å². The van der Waals surface area contributed by atoms with Crippen molar-refractivity contribution in [3.63, 3.8) is 0 Å². The molecule has 2 bridgehead atoms. The Morgan fingerprint density at radius 2 is 1.01 bits per heavy atom. The van der Waals surface area contributed by atoms with Crippen LogP contribution in [0.1, 0.15) is 71.6 Å². The van der Waals surface area contributed by atoms with Gasteiger partial charge in [0.05, 0.1) is 37.4 Å². The molecule has 4 aliphatic carbocycles. The van der Waals surface area contributed by atoms with E-state index in [2.05, 4.69) is 13.5 Å². The van der Waals surface area contributed by atoms with Gasteiger partial charge in [-0.25, -0.2) is 0 Å². The molecule has 0 aromatic carbocycles. The monoisotopic (exact) mass is 966 g/mol. The number of ether oxygens (including phenoxy) is 8. The SMILES string of the molecule is C=C1CC23CC[C@H]4[C@@](C)(CCC[C@@]4(C)C(=O)O[C@@H]4O[C@H](CO)[C@@H](O)[C@H](O)[C@H]4O[C@@H]4O[C@H](CO)[C@@H](O)[C@H](O)[C@H]4O)[C@@H]2CC[C@]1(O[C@@H]1O[C@H](CO)[C@@H](O)[C@H](O)[C@H]1O[C@@H]1O[C@H](CO)[C@@H](O)[C@H](O)[C@H]1O)C3. The van der Waals surface area contributed by atoms with Crippen LogP contribution in [0.4, 0.5) is 0 Å². The van der Waals surface area contributed by atoms with Crippen LogP contribution >= 0.6 is 0 Å². The van der Waals surface area contributed by atoms with Gasteiger partial charge in [0.15, 0.2) is 25.0 Å². The Morgan fingerprint density at radius 1 is 0.567 bits per heavy atom. The summed E-state index contributed by atoms with van der Waals surface area (Å²) in [6.07, 6.45) is -28.3. The molecule has 14 N–H and O–H groups in total. The maximum Gasteiger partial charge on any atom is 0.314 e. The molecule has 4 aliphatic heterocycles. The molecule has 1 spiro atoms. The molecule has 0 radical (unpaired) electrons. The van der Waals surface area contributed by atoms with E-state index in [1.54, 1.807) is 0 Å². The van der Waals surface area contributed by atoms with Crippen LogP contribution in [-0.2, 0) is 42.7 Å². The van der Waals surface area contributed by atoms with Gasteiger partial charge in [-0.15, -0.1) is 0 Å². The second-order valence-corrected chi connectivity index (χ2v) is 20.8. The lowest BCUT2D eigenvalue weighted by atomic mass is 9.41. The van der Waals surface area contributed by atoms with Gasteiger partial charge in [0.25, 0.3) is 0 Å². The first kappa shape index (κ1) is 51.7. The number of hydrogen-bond acceptors (Lipinski definition) is 23. The van der Waals surface area contributed by atoms with Crippen LogP contribution in [0.5, 0.6) is 0 Å². The molecule has 4 heterocycles. The molecule has 0 amide bonds. The Labute approximate surface area is 386 Å². The van der Waals surface area contributed by atoms with Crippen molar-refractivity contribution < 1.29 is 114 Å². The zero-order valence-electron chi connectivity index (χ0n) is 37.5. The van der Waals surface area contributed by atoms with E-state index in [0.717, 1.165) is 12.0 Å². The Hall–Kier alpha value is -1.63. The fraction of sp³-hybridized carbons (Fsp3) is 0.932. The lowest BCUT2D eigenvalue weighted by Gasteiger charge is -2.64. The maximum absolute atomic E-state index is 14.7. The van der Waals surface area contributed by atoms with E-state index in [1.165, 1.54) is 0 Å². The number of carbonyl (C=O) groups is 1. The molecule has 384 valence electrons. The predicted octanol–water partition coefficient (Wildman–Crippen LogP) is -5.11. The first-order valence-corrected chi connectivity index (χ1v) is 23.4. The van der Waals surface area contributed by atoms with Gasteiger partial charge in [-0.05, 0) is 86.5 Å². The average Bonchev–Trinajstić information content (AvgIpc) is 3.50. The number of carbonyl (C=O) groups excluding carboxylic acids is 1. The van der Waals surface area contributed by atoms with Gasteiger partial charge in [0, 0.05) is 0 Å². The normalized spacial score (nSPS) is 54.5. The van der Waals surface area contributed by atoms with Crippen molar-refractivity contribution in [2.45, 2.75) is 200 Å². The second kappa shape index (κ2) is 19.4. The van der Waals surface area contributed by atoms with E-state index in [4.69, 9.17) is 37.9 Å². The average molecular weight is 967 g/mol. The van der Waals surface area contributed by atoms with Crippen molar-refractivity contribution in [2.24, 2.45) is 28.1 Å². The number of aliphatic hydroxyl groups excluding tert-OH is 14. The van der Waals surface area contributed by atoms with Crippen LogP contribution in [0.15, 0.2) is 12.2 Å². The Bertz CT molecular complexity index is 1760.